The Balaban J connectivity index is 1.31. The molecule has 2 aromatic heterocycles. The molecule has 2 aliphatic heterocycles. The third-order valence-electron chi connectivity index (χ3n) is 8.54. The minimum Gasteiger partial charge on any atom is -0.462 e. The van der Waals surface area contributed by atoms with Crippen LogP contribution in [-0.2, 0) is 74.8 Å². The number of rotatable bonds is 15. The number of aliphatic hydroxyl groups excluding tert-OH is 1. The Hall–Kier alpha value is -3.32. The maximum Gasteiger partial charge on any atom is 0.482 e. The van der Waals surface area contributed by atoms with Gasteiger partial charge in [-0.15, -0.1) is 0 Å². The van der Waals surface area contributed by atoms with Crippen molar-refractivity contribution in [3.8, 4) is 0 Å². The highest BCUT2D eigenvalue weighted by Gasteiger charge is 2.78. The summed E-state index contributed by atoms with van der Waals surface area (Å²) in [4.78, 5) is 70.9. The number of anilines is 1. The molecule has 4 heterocycles. The lowest BCUT2D eigenvalue weighted by Crippen LogP contribution is -2.67. The van der Waals surface area contributed by atoms with Crippen molar-refractivity contribution in [2.75, 3.05) is 26.1 Å². The van der Waals surface area contributed by atoms with Gasteiger partial charge in [0.2, 0.25) is 5.79 Å². The first-order valence-electron chi connectivity index (χ1n) is 15.8. The number of aromatic nitrogens is 4. The summed E-state index contributed by atoms with van der Waals surface area (Å²) in [6, 6.07) is -0.934. The number of nitrogens with zero attached hydrogens (tertiary/aromatic N) is 4. The van der Waals surface area contributed by atoms with Gasteiger partial charge >= 0.3 is 38.5 Å². The molecule has 6 N–H and O–H groups in total. The van der Waals surface area contributed by atoms with E-state index in [1.165, 1.54) is 24.3 Å². The first kappa shape index (κ1) is 41.8. The molecule has 0 bridgehead atoms. The molecule has 2 aromatic rings. The average Bonchev–Trinajstić information content (AvgIpc) is 3.65. The third-order valence-corrected chi connectivity index (χ3v) is 12.1. The molecule has 54 heavy (non-hydrogen) atoms. The number of nitrogen functional groups attached to an aromatic ring is 1. The first-order chi connectivity index (χ1) is 25.2. The number of imidazole rings is 1. The van der Waals surface area contributed by atoms with Crippen LogP contribution in [0.2, 0.25) is 0 Å². The van der Waals surface area contributed by atoms with Gasteiger partial charge in [-0.3, -0.25) is 32.8 Å². The third kappa shape index (κ3) is 8.56. The zero-order chi connectivity index (χ0) is 39.9. The number of esters is 4. The maximum atomic E-state index is 13.2. The largest absolute Gasteiger partial charge is 0.482 e. The van der Waals surface area contributed by atoms with Crippen molar-refractivity contribution in [2.45, 2.75) is 82.6 Å². The number of methoxy groups -OCH3 is 1. The molecule has 300 valence electrons. The molecule has 8 unspecified atom stereocenters. The Kier molecular flexibility index (Phi) is 12.4. The Morgan fingerprint density at radius 1 is 1.07 bits per heavy atom. The molecular weight excluding hydrogens is 790 g/mol. The van der Waals surface area contributed by atoms with Gasteiger partial charge in [-0.1, -0.05) is 12.2 Å². The van der Waals surface area contributed by atoms with E-state index in [1.54, 1.807) is 0 Å². The number of hydrogen-bond donors (Lipinski definition) is 5. The van der Waals surface area contributed by atoms with Crippen LogP contribution in [0.5, 0.6) is 0 Å². The van der Waals surface area contributed by atoms with Gasteiger partial charge in [0.15, 0.2) is 24.0 Å². The first-order valence-corrected chi connectivity index (χ1v) is 20.0. The van der Waals surface area contributed by atoms with Crippen molar-refractivity contribution in [1.29, 1.82) is 0 Å². The smallest absolute Gasteiger partial charge is 0.462 e. The molecule has 24 nitrogen and oxygen atoms in total. The van der Waals surface area contributed by atoms with E-state index in [-0.39, 0.29) is 11.3 Å². The Morgan fingerprint density at radius 3 is 2.39 bits per heavy atom. The molecule has 0 aromatic carbocycles. The lowest BCUT2D eigenvalue weighted by molar-refractivity contribution is -0.426. The molecular formula is C27H38N6O18P2S. The van der Waals surface area contributed by atoms with Crippen LogP contribution in [-0.4, -0.2) is 122 Å². The predicted molar refractivity (Wildman–Crippen MR) is 177 cm³/mol. The SMILES string of the molecule is CO[C@@H]1[C@H](N)[C@@H](COP(=O)(S)OP(=O)(O)OC2OC3(OC(C)=O)C2C(OC(C)=O)C(O)C3[C@H](COC(C)=O)OC(C)=O)O[C@H]1n1cnc2c(N)ncnc21. The number of phosphoric ester groups is 1. The number of carbonyl (C=O) groups excluding carboxylic acids is 4. The molecule has 1 aliphatic carbocycles. The van der Waals surface area contributed by atoms with E-state index >= 15 is 0 Å². The van der Waals surface area contributed by atoms with Crippen molar-refractivity contribution in [3.05, 3.63) is 12.7 Å². The Morgan fingerprint density at radius 2 is 1.78 bits per heavy atom. The summed E-state index contributed by atoms with van der Waals surface area (Å²) in [5.74, 6) is -9.20. The quantitative estimate of drug-likeness (QED) is 0.0653. The number of nitrogens with two attached hydrogens (primary N) is 2. The van der Waals surface area contributed by atoms with E-state index in [0.29, 0.717) is 5.65 Å². The highest BCUT2D eigenvalue weighted by molar-refractivity contribution is 8.45. The fourth-order valence-corrected chi connectivity index (χ4v) is 9.81. The Labute approximate surface area is 310 Å². The van der Waals surface area contributed by atoms with Crippen molar-refractivity contribution < 1.29 is 84.8 Å². The van der Waals surface area contributed by atoms with Gasteiger partial charge in [0.1, 0.15) is 54.9 Å². The van der Waals surface area contributed by atoms with Crippen LogP contribution in [0, 0.1) is 11.8 Å². The topological polar surface area (TPSA) is 331 Å². The van der Waals surface area contributed by atoms with Gasteiger partial charge in [0.05, 0.1) is 24.9 Å². The average molecular weight is 829 g/mol. The lowest BCUT2D eigenvalue weighted by Gasteiger charge is -2.52. The second-order valence-corrected chi connectivity index (χ2v) is 16.7. The molecule has 5 rings (SSSR count). The van der Waals surface area contributed by atoms with Crippen LogP contribution < -0.4 is 11.5 Å². The predicted octanol–water partition coefficient (Wildman–Crippen LogP) is -0.515. The summed E-state index contributed by atoms with van der Waals surface area (Å²) in [6.45, 7) is -2.16. The minimum atomic E-state index is -5.54. The standard InChI is InChI=1S/C27H38N6O18P2S/c1-10(34)43-6-14(45-11(2)35)16-20(38)21(46-12(3)36)17-26(49-27(16,17)48-13(4)37)50-52(39,40)51-53(41,54)44-7-15-18(28)22(42-5)25(47-15)33-9-32-19-23(29)30-8-31-24(19)33/h8-9,14-18,20-22,25-26,38H,6-7,28H2,1-5H3,(H,39,40)(H,41,54)(H2,29,30,31)/t14-,15+,16?,17?,18+,20?,21?,22+,25+,26?,27?,53?/m0/s1. The van der Waals surface area contributed by atoms with E-state index in [2.05, 4.69) is 27.2 Å². The second kappa shape index (κ2) is 16.0. The van der Waals surface area contributed by atoms with Gasteiger partial charge in [0.25, 0.3) is 0 Å². The fourth-order valence-electron chi connectivity index (χ4n) is 6.62. The molecule has 2 saturated heterocycles. The molecule has 0 radical (unpaired) electrons. The van der Waals surface area contributed by atoms with E-state index in [1.807, 2.05) is 0 Å². The van der Waals surface area contributed by atoms with Gasteiger partial charge < -0.3 is 54.6 Å². The normalized spacial score (nSPS) is 33.1. The summed E-state index contributed by atoms with van der Waals surface area (Å²) >= 11 is 3.78. The van der Waals surface area contributed by atoms with E-state index in [0.717, 1.165) is 27.7 Å². The van der Waals surface area contributed by atoms with Crippen molar-refractivity contribution in [2.24, 2.45) is 17.6 Å². The summed E-state index contributed by atoms with van der Waals surface area (Å²) in [7, 11) is -4.18. The van der Waals surface area contributed by atoms with Crippen LogP contribution in [0.1, 0.15) is 33.9 Å². The summed E-state index contributed by atoms with van der Waals surface area (Å²) in [5.41, 5.74) is 12.8. The summed E-state index contributed by atoms with van der Waals surface area (Å²) in [5, 5.41) is 11.4. The highest BCUT2D eigenvalue weighted by Crippen LogP contribution is 2.68. The van der Waals surface area contributed by atoms with Crippen LogP contribution in [0.15, 0.2) is 12.7 Å². The number of thiol groups is 1. The van der Waals surface area contributed by atoms with Crippen molar-refractivity contribution in [3.63, 3.8) is 0 Å². The van der Waals surface area contributed by atoms with Crippen molar-refractivity contribution >= 4 is 67.7 Å². The van der Waals surface area contributed by atoms with E-state index in [9.17, 15) is 38.3 Å². The molecule has 3 fully saturated rings. The molecule has 0 spiro atoms. The van der Waals surface area contributed by atoms with Gasteiger partial charge in [-0.2, -0.15) is 4.31 Å². The minimum absolute atomic E-state index is 0.111. The number of fused-ring (bicyclic) bond motifs is 2. The Bertz CT molecular complexity index is 1870. The number of carbonyl (C=O) groups is 4. The number of ether oxygens (including phenoxy) is 7. The van der Waals surface area contributed by atoms with Crippen molar-refractivity contribution in [1.82, 2.24) is 19.5 Å². The molecule has 3 aliphatic rings. The number of phosphoric acid groups is 1. The molecule has 1 saturated carbocycles. The molecule has 0 amide bonds. The van der Waals surface area contributed by atoms with Crippen LogP contribution in [0.3, 0.4) is 0 Å². The van der Waals surface area contributed by atoms with Gasteiger partial charge in [-0.05, 0) is 0 Å². The zero-order valence-corrected chi connectivity index (χ0v) is 31.7. The highest BCUT2D eigenvalue weighted by atomic mass is 32.7. The van der Waals surface area contributed by atoms with Gasteiger partial charge in [-0.25, -0.2) is 24.1 Å². The molecule has 27 heteroatoms. The summed E-state index contributed by atoms with van der Waals surface area (Å²) in [6.07, 6.45) is -7.41. The van der Waals surface area contributed by atoms with E-state index in [4.69, 9.17) is 58.0 Å². The zero-order valence-electron chi connectivity index (χ0n) is 29.1. The second-order valence-electron chi connectivity index (χ2n) is 12.2. The van der Waals surface area contributed by atoms with E-state index < -0.39 is 118 Å². The lowest BCUT2D eigenvalue weighted by atomic mass is 9.85. The number of aliphatic hydroxyl groups is 1. The number of hydrogen-bond acceptors (Lipinski definition) is 22. The summed E-state index contributed by atoms with van der Waals surface area (Å²) < 4.78 is 81.2. The monoisotopic (exact) mass is 828 g/mol. The van der Waals surface area contributed by atoms with Crippen LogP contribution in [0.25, 0.3) is 11.2 Å². The fraction of sp³-hybridized carbons (Fsp3) is 0.667. The maximum absolute atomic E-state index is 13.2. The van der Waals surface area contributed by atoms with Crippen LogP contribution in [0.4, 0.5) is 5.82 Å². The molecule has 13 atom stereocenters. The van der Waals surface area contributed by atoms with Crippen LogP contribution >= 0.6 is 26.9 Å². The van der Waals surface area contributed by atoms with Gasteiger partial charge in [0, 0.05) is 34.8 Å².